The minimum absolute atomic E-state index is 0.164. The van der Waals surface area contributed by atoms with Gasteiger partial charge in [0.2, 0.25) is 0 Å². The zero-order chi connectivity index (χ0) is 13.4. The van der Waals surface area contributed by atoms with Crippen molar-refractivity contribution in [1.82, 2.24) is 4.90 Å². The lowest BCUT2D eigenvalue weighted by molar-refractivity contribution is 0.145. The molecule has 5 heteroatoms. The topological polar surface area (TPSA) is 62.3 Å². The molecule has 0 aliphatic heterocycles. The van der Waals surface area contributed by atoms with E-state index in [0.29, 0.717) is 26.1 Å². The summed E-state index contributed by atoms with van der Waals surface area (Å²) in [4.78, 5) is 2.10. The molecule has 0 amide bonds. The molecule has 18 heavy (non-hydrogen) atoms. The van der Waals surface area contributed by atoms with Crippen LogP contribution in [-0.2, 0) is 11.3 Å². The molecule has 100 valence electrons. The van der Waals surface area contributed by atoms with Crippen LogP contribution in [0.25, 0.3) is 0 Å². The fourth-order valence-electron chi connectivity index (χ4n) is 1.66. The van der Waals surface area contributed by atoms with E-state index in [1.54, 1.807) is 13.2 Å². The van der Waals surface area contributed by atoms with Gasteiger partial charge in [0, 0.05) is 33.2 Å². The van der Waals surface area contributed by atoms with Crippen LogP contribution in [0.4, 0.5) is 4.39 Å². The minimum Gasteiger partial charge on any atom is -0.388 e. The van der Waals surface area contributed by atoms with Gasteiger partial charge in [0.15, 0.2) is 0 Å². The van der Waals surface area contributed by atoms with E-state index < -0.39 is 0 Å². The fraction of sp³-hybridized carbons (Fsp3) is 0.462. The summed E-state index contributed by atoms with van der Waals surface area (Å²) < 4.78 is 18.1. The van der Waals surface area contributed by atoms with Gasteiger partial charge >= 0.3 is 0 Å². The summed E-state index contributed by atoms with van der Waals surface area (Å²) in [5, 5.41) is 7.24. The Kier molecular flexibility index (Phi) is 6.32. The van der Waals surface area contributed by atoms with Crippen LogP contribution in [0.1, 0.15) is 12.0 Å². The second-order valence-corrected chi connectivity index (χ2v) is 4.17. The van der Waals surface area contributed by atoms with Crippen molar-refractivity contribution >= 4 is 5.84 Å². The molecule has 1 aromatic carbocycles. The highest BCUT2D eigenvalue weighted by Gasteiger charge is 2.07. The zero-order valence-corrected chi connectivity index (χ0v) is 10.7. The molecule has 4 nitrogen and oxygen atoms in total. The van der Waals surface area contributed by atoms with Crippen molar-refractivity contribution in [2.45, 2.75) is 13.0 Å². The Labute approximate surface area is 107 Å². The lowest BCUT2D eigenvalue weighted by atomic mass is 10.2. The van der Waals surface area contributed by atoms with Crippen LogP contribution >= 0.6 is 0 Å². The van der Waals surface area contributed by atoms with E-state index in [1.807, 2.05) is 6.07 Å². The molecule has 0 saturated heterocycles. The quantitative estimate of drug-likeness (QED) is 0.546. The second kappa shape index (κ2) is 7.79. The first-order valence-electron chi connectivity index (χ1n) is 5.90. The molecule has 0 saturated carbocycles. The average Bonchev–Trinajstić information content (AvgIpc) is 2.32. The Balaban J connectivity index is 2.56. The van der Waals surface area contributed by atoms with Gasteiger partial charge in [0.1, 0.15) is 5.82 Å². The molecule has 0 radical (unpaired) electrons. The lowest BCUT2D eigenvalue weighted by Crippen LogP contribution is -2.30. The average molecular weight is 253 g/mol. The molecule has 0 unspecified atom stereocenters. The molecule has 0 atom stereocenters. The van der Waals surface area contributed by atoms with Crippen molar-refractivity contribution in [3.05, 3.63) is 35.6 Å². The van der Waals surface area contributed by atoms with Gasteiger partial charge in [-0.1, -0.05) is 12.1 Å². The smallest absolute Gasteiger partial charge is 0.123 e. The molecule has 0 bridgehead atoms. The van der Waals surface area contributed by atoms with Gasteiger partial charge in [-0.15, -0.1) is 0 Å². The largest absolute Gasteiger partial charge is 0.388 e. The molecule has 0 aliphatic carbocycles. The van der Waals surface area contributed by atoms with Crippen molar-refractivity contribution in [3.63, 3.8) is 0 Å². The monoisotopic (exact) mass is 253 g/mol. The SMILES string of the molecule is COCCN(CCC(=N)N)Cc1cccc(F)c1. The molecule has 0 spiro atoms. The van der Waals surface area contributed by atoms with Crippen LogP contribution in [0.2, 0.25) is 0 Å². The van der Waals surface area contributed by atoms with Crippen LogP contribution in [0.5, 0.6) is 0 Å². The molecular weight excluding hydrogens is 233 g/mol. The number of nitrogens with zero attached hydrogens (tertiary/aromatic N) is 1. The highest BCUT2D eigenvalue weighted by atomic mass is 19.1. The Morgan fingerprint density at radius 2 is 2.22 bits per heavy atom. The summed E-state index contributed by atoms with van der Waals surface area (Å²) in [6.45, 7) is 2.65. The number of nitrogens with two attached hydrogens (primary N) is 1. The number of ether oxygens (including phenoxy) is 1. The van der Waals surface area contributed by atoms with Gasteiger partial charge in [0.05, 0.1) is 12.4 Å². The van der Waals surface area contributed by atoms with E-state index in [-0.39, 0.29) is 11.7 Å². The molecule has 0 fully saturated rings. The highest BCUT2D eigenvalue weighted by Crippen LogP contribution is 2.07. The third kappa shape index (κ3) is 5.75. The van der Waals surface area contributed by atoms with Gasteiger partial charge in [0.25, 0.3) is 0 Å². The van der Waals surface area contributed by atoms with Gasteiger partial charge in [-0.25, -0.2) is 4.39 Å². The normalized spacial score (nSPS) is 10.8. The fourth-order valence-corrected chi connectivity index (χ4v) is 1.66. The van der Waals surface area contributed by atoms with E-state index in [9.17, 15) is 4.39 Å². The second-order valence-electron chi connectivity index (χ2n) is 4.17. The Bertz CT molecular complexity index is 384. The van der Waals surface area contributed by atoms with Crippen molar-refractivity contribution < 1.29 is 9.13 Å². The first-order valence-corrected chi connectivity index (χ1v) is 5.90. The van der Waals surface area contributed by atoms with Gasteiger partial charge in [-0.3, -0.25) is 10.3 Å². The molecule has 1 aromatic rings. The summed E-state index contributed by atoms with van der Waals surface area (Å²) >= 11 is 0. The van der Waals surface area contributed by atoms with Gasteiger partial charge < -0.3 is 10.5 Å². The van der Waals surface area contributed by atoms with Gasteiger partial charge in [-0.2, -0.15) is 0 Å². The van der Waals surface area contributed by atoms with Crippen molar-refractivity contribution in [3.8, 4) is 0 Å². The number of amidine groups is 1. The van der Waals surface area contributed by atoms with Crippen molar-refractivity contribution in [2.24, 2.45) is 5.73 Å². The number of halogens is 1. The summed E-state index contributed by atoms with van der Waals surface area (Å²) in [5.74, 6) is -0.0672. The predicted molar refractivity (Wildman–Crippen MR) is 70.1 cm³/mol. The van der Waals surface area contributed by atoms with Crippen molar-refractivity contribution in [1.29, 1.82) is 5.41 Å². The molecule has 1 rings (SSSR count). The Morgan fingerprint density at radius 3 is 2.83 bits per heavy atom. The van der Waals surface area contributed by atoms with Gasteiger partial charge in [-0.05, 0) is 17.7 Å². The summed E-state index contributed by atoms with van der Waals surface area (Å²) in [6.07, 6.45) is 0.513. The number of rotatable bonds is 8. The Hall–Kier alpha value is -1.46. The predicted octanol–water partition coefficient (Wildman–Crippen LogP) is 1.60. The first kappa shape index (κ1) is 14.6. The number of methoxy groups -OCH3 is 1. The third-order valence-electron chi connectivity index (χ3n) is 2.60. The molecule has 0 aliphatic rings. The van der Waals surface area contributed by atoms with E-state index in [2.05, 4.69) is 4.90 Å². The third-order valence-corrected chi connectivity index (χ3v) is 2.60. The number of benzene rings is 1. The van der Waals surface area contributed by atoms with Crippen molar-refractivity contribution in [2.75, 3.05) is 26.8 Å². The zero-order valence-electron chi connectivity index (χ0n) is 10.7. The number of nitrogens with one attached hydrogen (secondary N) is 1. The maximum absolute atomic E-state index is 13.1. The summed E-state index contributed by atoms with van der Waals surface area (Å²) in [6, 6.07) is 6.53. The standard InChI is InChI=1S/C13H20FN3O/c1-18-8-7-17(6-5-13(15)16)10-11-3-2-4-12(14)9-11/h2-4,9H,5-8,10H2,1H3,(H3,15,16). The highest BCUT2D eigenvalue weighted by molar-refractivity contribution is 5.76. The maximum atomic E-state index is 13.1. The summed E-state index contributed by atoms with van der Waals surface area (Å²) in [7, 11) is 1.64. The van der Waals surface area contributed by atoms with E-state index in [4.69, 9.17) is 15.9 Å². The van der Waals surface area contributed by atoms with Crippen LogP contribution in [0.15, 0.2) is 24.3 Å². The van der Waals surface area contributed by atoms with E-state index in [1.165, 1.54) is 12.1 Å². The molecule has 0 aromatic heterocycles. The lowest BCUT2D eigenvalue weighted by Gasteiger charge is -2.21. The molecule has 3 N–H and O–H groups in total. The Morgan fingerprint density at radius 1 is 1.44 bits per heavy atom. The maximum Gasteiger partial charge on any atom is 0.123 e. The number of hydrogen-bond donors (Lipinski definition) is 2. The van der Waals surface area contributed by atoms with Crippen LogP contribution in [0.3, 0.4) is 0 Å². The number of hydrogen-bond acceptors (Lipinski definition) is 3. The van der Waals surface area contributed by atoms with Crippen LogP contribution in [-0.4, -0.2) is 37.5 Å². The first-order chi connectivity index (χ1) is 8.61. The van der Waals surface area contributed by atoms with Crippen LogP contribution < -0.4 is 5.73 Å². The molecule has 0 heterocycles. The minimum atomic E-state index is -0.231. The van der Waals surface area contributed by atoms with Crippen LogP contribution in [0, 0.1) is 11.2 Å². The van der Waals surface area contributed by atoms with E-state index in [0.717, 1.165) is 12.1 Å². The summed E-state index contributed by atoms with van der Waals surface area (Å²) in [5.41, 5.74) is 6.26. The van der Waals surface area contributed by atoms with E-state index >= 15 is 0 Å². The molecular formula is C13H20FN3O.